The summed E-state index contributed by atoms with van der Waals surface area (Å²) in [6, 6.07) is 12.9. The van der Waals surface area contributed by atoms with Gasteiger partial charge in [-0.05, 0) is 55.2 Å². The van der Waals surface area contributed by atoms with E-state index in [9.17, 15) is 9.59 Å². The van der Waals surface area contributed by atoms with E-state index >= 15 is 0 Å². The number of para-hydroxylation sites is 2. The topological polar surface area (TPSA) is 67.9 Å². The Kier molecular flexibility index (Phi) is 4.71. The highest BCUT2D eigenvalue weighted by atomic mass is 16.5. The van der Waals surface area contributed by atoms with Crippen molar-refractivity contribution >= 4 is 23.2 Å². The Morgan fingerprint density at radius 1 is 1.15 bits per heavy atom. The van der Waals surface area contributed by atoms with E-state index in [1.807, 2.05) is 35.2 Å². The molecular weight excluding hydrogens is 344 g/mol. The van der Waals surface area contributed by atoms with Crippen LogP contribution in [0.5, 0.6) is 11.5 Å². The Morgan fingerprint density at radius 3 is 2.67 bits per heavy atom. The second-order valence-electron chi connectivity index (χ2n) is 6.85. The van der Waals surface area contributed by atoms with Crippen molar-refractivity contribution in [1.82, 2.24) is 0 Å². The van der Waals surface area contributed by atoms with Crippen LogP contribution in [0.4, 0.5) is 11.4 Å². The van der Waals surface area contributed by atoms with E-state index in [0.29, 0.717) is 17.2 Å². The number of hydrogen-bond donors (Lipinski definition) is 1. The summed E-state index contributed by atoms with van der Waals surface area (Å²) in [6.45, 7) is 0.614. The molecule has 1 fully saturated rings. The third-order valence-corrected chi connectivity index (χ3v) is 4.88. The predicted molar refractivity (Wildman–Crippen MR) is 102 cm³/mol. The molecule has 6 nitrogen and oxygen atoms in total. The first-order valence-electron chi connectivity index (χ1n) is 9.15. The van der Waals surface area contributed by atoms with Crippen molar-refractivity contribution in [2.24, 2.45) is 5.92 Å². The van der Waals surface area contributed by atoms with E-state index in [1.54, 1.807) is 19.2 Å². The minimum absolute atomic E-state index is 0.107. The van der Waals surface area contributed by atoms with Gasteiger partial charge in [-0.2, -0.15) is 0 Å². The number of anilines is 2. The first-order valence-corrected chi connectivity index (χ1v) is 9.15. The highest BCUT2D eigenvalue weighted by Crippen LogP contribution is 2.37. The second kappa shape index (κ2) is 7.31. The SMILES string of the molecule is COc1ccccc1OCC(=O)Nc1ccc2c(c1)CCN2C(=O)C1CC1. The van der Waals surface area contributed by atoms with Gasteiger partial charge in [0, 0.05) is 23.8 Å². The molecule has 140 valence electrons. The van der Waals surface area contributed by atoms with Crippen molar-refractivity contribution in [3.8, 4) is 11.5 Å². The normalized spacial score (nSPS) is 15.2. The van der Waals surface area contributed by atoms with E-state index in [4.69, 9.17) is 9.47 Å². The largest absolute Gasteiger partial charge is 0.493 e. The molecular formula is C21H22N2O4. The maximum atomic E-state index is 12.3. The van der Waals surface area contributed by atoms with Crippen LogP contribution < -0.4 is 19.7 Å². The van der Waals surface area contributed by atoms with Gasteiger partial charge in [0.15, 0.2) is 18.1 Å². The average molecular weight is 366 g/mol. The molecule has 1 aliphatic carbocycles. The maximum Gasteiger partial charge on any atom is 0.262 e. The molecule has 6 heteroatoms. The molecule has 0 unspecified atom stereocenters. The number of carbonyl (C=O) groups is 2. The van der Waals surface area contributed by atoms with Crippen LogP contribution in [0.1, 0.15) is 18.4 Å². The Morgan fingerprint density at radius 2 is 1.93 bits per heavy atom. The van der Waals surface area contributed by atoms with Crippen LogP contribution in [0.15, 0.2) is 42.5 Å². The van der Waals surface area contributed by atoms with Crippen LogP contribution in [-0.2, 0) is 16.0 Å². The zero-order chi connectivity index (χ0) is 18.8. The molecule has 0 bridgehead atoms. The van der Waals surface area contributed by atoms with Crippen molar-refractivity contribution in [2.75, 3.05) is 30.5 Å². The molecule has 1 heterocycles. The number of nitrogens with zero attached hydrogens (tertiary/aromatic N) is 1. The van der Waals surface area contributed by atoms with Gasteiger partial charge in [0.2, 0.25) is 5.91 Å². The Hall–Kier alpha value is -3.02. The summed E-state index contributed by atoms with van der Waals surface area (Å²) in [7, 11) is 1.56. The minimum atomic E-state index is -0.246. The van der Waals surface area contributed by atoms with Crippen LogP contribution in [-0.4, -0.2) is 32.1 Å². The fourth-order valence-corrected chi connectivity index (χ4v) is 3.34. The molecule has 1 aliphatic heterocycles. The number of hydrogen-bond acceptors (Lipinski definition) is 4. The van der Waals surface area contributed by atoms with Gasteiger partial charge >= 0.3 is 0 Å². The summed E-state index contributed by atoms with van der Waals surface area (Å²) < 4.78 is 10.8. The summed E-state index contributed by atoms with van der Waals surface area (Å²) in [5.41, 5.74) is 2.77. The van der Waals surface area contributed by atoms with Gasteiger partial charge < -0.3 is 19.7 Å². The average Bonchev–Trinajstić information content (AvgIpc) is 3.45. The first kappa shape index (κ1) is 17.4. The fourth-order valence-electron chi connectivity index (χ4n) is 3.34. The Bertz CT molecular complexity index is 876. The highest BCUT2D eigenvalue weighted by molar-refractivity contribution is 5.99. The summed E-state index contributed by atoms with van der Waals surface area (Å²) in [5.74, 6) is 1.31. The maximum absolute atomic E-state index is 12.3. The highest BCUT2D eigenvalue weighted by Gasteiger charge is 2.36. The van der Waals surface area contributed by atoms with E-state index < -0.39 is 0 Å². The minimum Gasteiger partial charge on any atom is -0.493 e. The van der Waals surface area contributed by atoms with E-state index in [-0.39, 0.29) is 24.3 Å². The third kappa shape index (κ3) is 3.74. The third-order valence-electron chi connectivity index (χ3n) is 4.88. The zero-order valence-corrected chi connectivity index (χ0v) is 15.2. The number of ether oxygens (including phenoxy) is 2. The lowest BCUT2D eigenvalue weighted by atomic mass is 10.1. The van der Waals surface area contributed by atoms with Gasteiger partial charge in [-0.1, -0.05) is 12.1 Å². The number of amides is 2. The van der Waals surface area contributed by atoms with E-state index in [1.165, 1.54) is 0 Å². The van der Waals surface area contributed by atoms with Crippen LogP contribution in [0.25, 0.3) is 0 Å². The predicted octanol–water partition coefficient (Wildman–Crippen LogP) is 3.01. The van der Waals surface area contributed by atoms with Crippen LogP contribution >= 0.6 is 0 Å². The first-order chi connectivity index (χ1) is 13.2. The lowest BCUT2D eigenvalue weighted by molar-refractivity contribution is -0.120. The summed E-state index contributed by atoms with van der Waals surface area (Å²) in [4.78, 5) is 26.4. The van der Waals surface area contributed by atoms with Crippen molar-refractivity contribution in [3.05, 3.63) is 48.0 Å². The Labute approximate surface area is 158 Å². The number of carbonyl (C=O) groups excluding carboxylic acids is 2. The van der Waals surface area contributed by atoms with Gasteiger partial charge in [-0.25, -0.2) is 0 Å². The second-order valence-corrected chi connectivity index (χ2v) is 6.85. The van der Waals surface area contributed by atoms with Gasteiger partial charge in [0.1, 0.15) is 0 Å². The molecule has 2 aliphatic rings. The van der Waals surface area contributed by atoms with Crippen molar-refractivity contribution in [2.45, 2.75) is 19.3 Å². The lowest BCUT2D eigenvalue weighted by Gasteiger charge is -2.17. The molecule has 27 heavy (non-hydrogen) atoms. The standard InChI is InChI=1S/C21H22N2O4/c1-26-18-4-2-3-5-19(18)27-13-20(24)22-16-8-9-17-15(12-16)10-11-23(17)21(25)14-6-7-14/h2-5,8-9,12,14H,6-7,10-11,13H2,1H3,(H,22,24). The van der Waals surface area contributed by atoms with Gasteiger partial charge in [-0.15, -0.1) is 0 Å². The van der Waals surface area contributed by atoms with Crippen molar-refractivity contribution in [3.63, 3.8) is 0 Å². The van der Waals surface area contributed by atoms with E-state index in [2.05, 4.69) is 5.32 Å². The molecule has 4 rings (SSSR count). The number of methoxy groups -OCH3 is 1. The van der Waals surface area contributed by atoms with Gasteiger partial charge in [-0.3, -0.25) is 9.59 Å². The molecule has 0 aromatic heterocycles. The molecule has 1 saturated carbocycles. The summed E-state index contributed by atoms with van der Waals surface area (Å²) in [6.07, 6.45) is 2.82. The fraction of sp³-hybridized carbons (Fsp3) is 0.333. The molecule has 0 radical (unpaired) electrons. The van der Waals surface area contributed by atoms with Gasteiger partial charge in [0.05, 0.1) is 7.11 Å². The number of rotatable bonds is 6. The molecule has 0 saturated heterocycles. The summed E-state index contributed by atoms with van der Waals surface area (Å²) in [5, 5.41) is 2.85. The summed E-state index contributed by atoms with van der Waals surface area (Å²) >= 11 is 0. The number of fused-ring (bicyclic) bond motifs is 1. The molecule has 2 aromatic carbocycles. The number of nitrogens with one attached hydrogen (secondary N) is 1. The monoisotopic (exact) mass is 366 g/mol. The quantitative estimate of drug-likeness (QED) is 0.853. The van der Waals surface area contributed by atoms with Crippen molar-refractivity contribution < 1.29 is 19.1 Å². The number of benzene rings is 2. The van der Waals surface area contributed by atoms with Crippen LogP contribution in [0, 0.1) is 5.92 Å². The van der Waals surface area contributed by atoms with Gasteiger partial charge in [0.25, 0.3) is 5.91 Å². The molecule has 1 N–H and O–H groups in total. The molecule has 2 aromatic rings. The molecule has 0 spiro atoms. The Balaban J connectivity index is 1.37. The van der Waals surface area contributed by atoms with E-state index in [0.717, 1.165) is 37.1 Å². The lowest BCUT2D eigenvalue weighted by Crippen LogP contribution is -2.30. The molecule has 2 amide bonds. The zero-order valence-electron chi connectivity index (χ0n) is 15.2. The van der Waals surface area contributed by atoms with Crippen LogP contribution in [0.3, 0.4) is 0 Å². The van der Waals surface area contributed by atoms with Crippen molar-refractivity contribution in [1.29, 1.82) is 0 Å². The molecule has 0 atom stereocenters. The smallest absolute Gasteiger partial charge is 0.262 e. The van der Waals surface area contributed by atoms with Crippen LogP contribution in [0.2, 0.25) is 0 Å².